The van der Waals surface area contributed by atoms with Crippen LogP contribution in [0.15, 0.2) is 119 Å². The third kappa shape index (κ3) is 12.4. The molecule has 0 fully saturated rings. The molecular weight excluding hydrogens is 737 g/mol. The molecule has 0 saturated carbocycles. The monoisotopic (exact) mass is 782 g/mol. The molecule has 3 heterocycles. The van der Waals surface area contributed by atoms with E-state index in [4.69, 9.17) is 28.1 Å². The Balaban J connectivity index is 0.000000184. The van der Waals surface area contributed by atoms with E-state index in [1.54, 1.807) is 56.7 Å². The van der Waals surface area contributed by atoms with Crippen LogP contribution in [0.25, 0.3) is 0 Å². The second-order valence-corrected chi connectivity index (χ2v) is 14.9. The summed E-state index contributed by atoms with van der Waals surface area (Å²) in [6.45, 7) is 12.6. The molecule has 55 heavy (non-hydrogen) atoms. The van der Waals surface area contributed by atoms with Crippen molar-refractivity contribution in [3.05, 3.63) is 146 Å². The molecule has 11 heteroatoms. The summed E-state index contributed by atoms with van der Waals surface area (Å²) in [6.07, 6.45) is 1.43. The normalized spacial score (nSPS) is 10.5. The lowest BCUT2D eigenvalue weighted by molar-refractivity contribution is 0.0693. The van der Waals surface area contributed by atoms with Gasteiger partial charge in [0.15, 0.2) is 23.0 Å². The molecule has 0 spiro atoms. The molecule has 9 nitrogen and oxygen atoms in total. The molecule has 3 aromatic carbocycles. The molecule has 0 aliphatic rings. The highest BCUT2D eigenvalue weighted by molar-refractivity contribution is 7.12. The van der Waals surface area contributed by atoms with Gasteiger partial charge in [-0.1, -0.05) is 77.9 Å². The molecule has 0 aliphatic heterocycles. The smallest absolute Gasteiger partial charge is 0.379 e. The first-order chi connectivity index (χ1) is 26.4. The van der Waals surface area contributed by atoms with Gasteiger partial charge in [-0.3, -0.25) is 0 Å². The topological polar surface area (TPSA) is 110 Å². The van der Waals surface area contributed by atoms with Crippen molar-refractivity contribution in [2.24, 2.45) is 0 Å². The largest absolute Gasteiger partial charge is 0.493 e. The van der Waals surface area contributed by atoms with Crippen LogP contribution in [0.1, 0.15) is 106 Å². The Labute approximate surface area is 330 Å². The van der Waals surface area contributed by atoms with E-state index in [0.717, 1.165) is 11.1 Å². The van der Waals surface area contributed by atoms with Gasteiger partial charge in [-0.05, 0) is 106 Å². The number of carbonyl (C=O) groups excluding carboxylic acids is 3. The number of esters is 3. The molecule has 0 atom stereocenters. The molecule has 3 aromatic heterocycles. The van der Waals surface area contributed by atoms with Crippen molar-refractivity contribution in [2.45, 2.75) is 59.3 Å². The zero-order chi connectivity index (χ0) is 39.9. The minimum atomic E-state index is -0.541. The molecule has 0 saturated heterocycles. The van der Waals surface area contributed by atoms with Gasteiger partial charge in [0.05, 0.1) is 20.5 Å². The van der Waals surface area contributed by atoms with Gasteiger partial charge in [0, 0.05) is 0 Å². The van der Waals surface area contributed by atoms with Crippen molar-refractivity contribution in [1.82, 2.24) is 0 Å². The third-order valence-corrected chi connectivity index (χ3v) is 9.72. The second kappa shape index (κ2) is 20.7. The highest BCUT2D eigenvalue weighted by Gasteiger charge is 2.17. The summed E-state index contributed by atoms with van der Waals surface area (Å²) in [5.41, 5.74) is 3.43. The number of hydrogen-bond donors (Lipinski definition) is 0. The molecule has 0 radical (unpaired) electrons. The number of benzene rings is 3. The van der Waals surface area contributed by atoms with Gasteiger partial charge in [0.2, 0.25) is 5.76 Å². The van der Waals surface area contributed by atoms with Crippen molar-refractivity contribution >= 4 is 40.6 Å². The molecule has 0 aliphatic carbocycles. The van der Waals surface area contributed by atoms with Crippen LogP contribution in [0.4, 0.5) is 0 Å². The third-order valence-electron chi connectivity index (χ3n) is 8.02. The van der Waals surface area contributed by atoms with E-state index in [1.165, 1.54) is 34.5 Å². The van der Waals surface area contributed by atoms with Crippen molar-refractivity contribution in [3.63, 3.8) is 0 Å². The lowest BCUT2D eigenvalue weighted by atomic mass is 10.0. The fraction of sp³-hybridized carbons (Fsp3) is 0.250. The van der Waals surface area contributed by atoms with Crippen LogP contribution in [0.5, 0.6) is 28.7 Å². The summed E-state index contributed by atoms with van der Waals surface area (Å²) in [5, 5.41) is 3.71. The number of ether oxygens (including phenoxy) is 5. The molecule has 0 bridgehead atoms. The summed E-state index contributed by atoms with van der Waals surface area (Å²) in [7, 11) is 3.12. The molecule has 288 valence electrons. The number of hydrogen-bond acceptors (Lipinski definition) is 11. The summed E-state index contributed by atoms with van der Waals surface area (Å²) < 4.78 is 31.5. The summed E-state index contributed by atoms with van der Waals surface area (Å²) in [5.74, 6) is 2.73. The average Bonchev–Trinajstić information content (AvgIpc) is 4.01. The maximum absolute atomic E-state index is 11.9. The van der Waals surface area contributed by atoms with E-state index in [2.05, 4.69) is 41.5 Å². The minimum absolute atomic E-state index is 0.162. The fourth-order valence-electron chi connectivity index (χ4n) is 4.83. The average molecular weight is 783 g/mol. The molecule has 6 aromatic rings. The van der Waals surface area contributed by atoms with Gasteiger partial charge < -0.3 is 28.1 Å². The predicted molar refractivity (Wildman–Crippen MR) is 217 cm³/mol. The standard InChI is InChI=1S/C15H16O4.C15H16O3S.C14H14O2S/c1-10(2)11-6-7-12(14(9-11)17-3)19-15(16)13-5-4-8-18-13;1-10(2)11-6-7-12(13(9-11)17-3)18-15(16)14-5-4-8-19-14;1-10(2)11-5-3-6-12(9-11)16-14(15)13-7-4-8-17-13/h2*4-10H,1-3H3;3-10H,1-2H3. The van der Waals surface area contributed by atoms with Crippen LogP contribution in [-0.2, 0) is 0 Å². The van der Waals surface area contributed by atoms with Crippen LogP contribution in [0.2, 0.25) is 0 Å². The van der Waals surface area contributed by atoms with E-state index in [-0.39, 0.29) is 17.7 Å². The first-order valence-corrected chi connectivity index (χ1v) is 19.4. The van der Waals surface area contributed by atoms with Crippen LogP contribution >= 0.6 is 22.7 Å². The second-order valence-electron chi connectivity index (χ2n) is 13.0. The number of thiophene rings is 2. The van der Waals surface area contributed by atoms with E-state index in [9.17, 15) is 14.4 Å². The van der Waals surface area contributed by atoms with Gasteiger partial charge in [0.25, 0.3) is 0 Å². The van der Waals surface area contributed by atoms with E-state index < -0.39 is 5.97 Å². The molecule has 0 N–H and O–H groups in total. The lowest BCUT2D eigenvalue weighted by Gasteiger charge is -2.12. The van der Waals surface area contributed by atoms with Crippen molar-refractivity contribution < 1.29 is 42.5 Å². The van der Waals surface area contributed by atoms with Crippen molar-refractivity contribution in [1.29, 1.82) is 0 Å². The molecular formula is C44H46O9S2. The van der Waals surface area contributed by atoms with Gasteiger partial charge in [0.1, 0.15) is 15.5 Å². The van der Waals surface area contributed by atoms with E-state index >= 15 is 0 Å². The van der Waals surface area contributed by atoms with E-state index in [1.807, 2.05) is 65.4 Å². The van der Waals surface area contributed by atoms with Crippen LogP contribution in [0.3, 0.4) is 0 Å². The highest BCUT2D eigenvalue weighted by Crippen LogP contribution is 2.33. The summed E-state index contributed by atoms with van der Waals surface area (Å²) >= 11 is 2.74. The SMILES string of the molecule is CC(C)c1cccc(OC(=O)c2cccs2)c1.COc1cc(C(C)C)ccc1OC(=O)c1ccco1.COc1cc(C(C)C)ccc1OC(=O)c1cccs1. The van der Waals surface area contributed by atoms with Crippen LogP contribution in [0, 0.1) is 0 Å². The maximum atomic E-state index is 11.9. The Kier molecular flexibility index (Phi) is 15.9. The summed E-state index contributed by atoms with van der Waals surface area (Å²) in [6, 6.07) is 29.2. The fourth-order valence-corrected chi connectivity index (χ4v) is 6.03. The zero-order valence-electron chi connectivity index (χ0n) is 32.2. The lowest BCUT2D eigenvalue weighted by Crippen LogP contribution is -2.08. The Hall–Kier alpha value is -5.65. The molecule has 0 unspecified atom stereocenters. The van der Waals surface area contributed by atoms with Gasteiger partial charge in [-0.25, -0.2) is 14.4 Å². The first kappa shape index (κ1) is 42.1. The van der Waals surface area contributed by atoms with Crippen LogP contribution < -0.4 is 23.7 Å². The number of methoxy groups -OCH3 is 2. The highest BCUT2D eigenvalue weighted by atomic mass is 32.1. The Morgan fingerprint density at radius 3 is 1.44 bits per heavy atom. The van der Waals surface area contributed by atoms with Crippen LogP contribution in [-0.4, -0.2) is 32.1 Å². The predicted octanol–water partition coefficient (Wildman–Crippen LogP) is 11.8. The number of carbonyl (C=O) groups is 3. The number of rotatable bonds is 11. The van der Waals surface area contributed by atoms with E-state index in [0.29, 0.717) is 56.3 Å². The molecule has 0 amide bonds. The Bertz CT molecular complexity index is 1990. The van der Waals surface area contributed by atoms with Gasteiger partial charge >= 0.3 is 17.9 Å². The molecule has 6 rings (SSSR count). The first-order valence-electron chi connectivity index (χ1n) is 17.6. The van der Waals surface area contributed by atoms with Crippen molar-refractivity contribution in [3.8, 4) is 28.7 Å². The quantitative estimate of drug-likeness (QED) is 0.0936. The maximum Gasteiger partial charge on any atom is 0.379 e. The zero-order valence-corrected chi connectivity index (χ0v) is 33.8. The minimum Gasteiger partial charge on any atom is -0.493 e. The van der Waals surface area contributed by atoms with Crippen molar-refractivity contribution in [2.75, 3.05) is 14.2 Å². The number of furan rings is 1. The summed E-state index contributed by atoms with van der Waals surface area (Å²) in [4.78, 5) is 36.6. The Morgan fingerprint density at radius 1 is 0.509 bits per heavy atom. The van der Waals surface area contributed by atoms with Gasteiger partial charge in [-0.15, -0.1) is 22.7 Å². The Morgan fingerprint density at radius 2 is 1.00 bits per heavy atom. The van der Waals surface area contributed by atoms with Gasteiger partial charge in [-0.2, -0.15) is 0 Å².